The van der Waals surface area contributed by atoms with Gasteiger partial charge in [-0.3, -0.25) is 4.79 Å². The Bertz CT molecular complexity index is 271. The van der Waals surface area contributed by atoms with E-state index in [1.807, 2.05) is 0 Å². The largest absolute Gasteiger partial charge is 0.297 e. The highest BCUT2D eigenvalue weighted by Crippen LogP contribution is 2.33. The smallest absolute Gasteiger partial charge is 0.175 e. The van der Waals surface area contributed by atoms with Crippen LogP contribution >= 0.6 is 27.3 Å². The summed E-state index contributed by atoms with van der Waals surface area (Å²) in [5.41, 5.74) is 0. The zero-order valence-corrected chi connectivity index (χ0v) is 7.11. The quantitative estimate of drug-likeness (QED) is 0.568. The third-order valence-corrected chi connectivity index (χ3v) is 2.69. The lowest BCUT2D eigenvalue weighted by molar-refractivity contribution is 0.112. The molecule has 52 valence electrons. The van der Waals surface area contributed by atoms with Gasteiger partial charge in [-0.1, -0.05) is 0 Å². The number of rotatable bonds is 2. The van der Waals surface area contributed by atoms with Gasteiger partial charge in [0.15, 0.2) is 11.3 Å². The van der Waals surface area contributed by atoms with Crippen LogP contribution in [0.2, 0.25) is 0 Å². The second kappa shape index (κ2) is 3.03. The van der Waals surface area contributed by atoms with Crippen molar-refractivity contribution < 1.29 is 4.79 Å². The fourth-order valence-electron chi connectivity index (χ4n) is 0.497. The summed E-state index contributed by atoms with van der Waals surface area (Å²) in [4.78, 5) is 20.6. The van der Waals surface area contributed by atoms with Crippen LogP contribution in [0.15, 0.2) is 15.7 Å². The molecule has 1 aromatic heterocycles. The van der Waals surface area contributed by atoms with Gasteiger partial charge in [-0.15, -0.1) is 16.2 Å². The molecule has 0 aromatic carbocycles. The van der Waals surface area contributed by atoms with E-state index in [1.54, 1.807) is 6.07 Å². The minimum absolute atomic E-state index is 0.308. The molecule has 3 nitrogen and oxygen atoms in total. The second-order valence-electron chi connectivity index (χ2n) is 1.51. The van der Waals surface area contributed by atoms with Crippen LogP contribution in [0, 0.1) is 4.91 Å². The van der Waals surface area contributed by atoms with Gasteiger partial charge in [-0.25, -0.2) is 0 Å². The Morgan fingerprint density at radius 3 is 2.70 bits per heavy atom. The summed E-state index contributed by atoms with van der Waals surface area (Å²) in [5.74, 6) is 0. The molecule has 0 aliphatic carbocycles. The molecule has 1 heterocycles. The van der Waals surface area contributed by atoms with E-state index in [2.05, 4.69) is 21.1 Å². The molecule has 0 aliphatic rings. The highest BCUT2D eigenvalue weighted by molar-refractivity contribution is 9.10. The molecule has 0 bridgehead atoms. The molecule has 0 amide bonds. The zero-order valence-electron chi connectivity index (χ0n) is 4.70. The maximum atomic E-state index is 10.1. The first-order valence-corrected chi connectivity index (χ1v) is 3.96. The molecule has 0 aliphatic heterocycles. The Morgan fingerprint density at radius 1 is 1.70 bits per heavy atom. The molecule has 5 heteroatoms. The maximum Gasteiger partial charge on any atom is 0.175 e. The number of nitrogens with zero attached hydrogens (tertiary/aromatic N) is 1. The second-order valence-corrected chi connectivity index (χ2v) is 3.43. The first-order chi connectivity index (χ1) is 4.77. The summed E-state index contributed by atoms with van der Waals surface area (Å²) in [7, 11) is 0. The van der Waals surface area contributed by atoms with Gasteiger partial charge in [0.2, 0.25) is 0 Å². The molecule has 0 atom stereocenters. The van der Waals surface area contributed by atoms with E-state index >= 15 is 0 Å². The highest BCUT2D eigenvalue weighted by Gasteiger charge is 2.04. The normalized spacial score (nSPS) is 9.30. The molecule has 10 heavy (non-hydrogen) atoms. The molecule has 0 saturated heterocycles. The van der Waals surface area contributed by atoms with E-state index in [-0.39, 0.29) is 0 Å². The summed E-state index contributed by atoms with van der Waals surface area (Å²) in [6.07, 6.45) is 0.685. The maximum absolute atomic E-state index is 10.1. The topological polar surface area (TPSA) is 46.5 Å². The third-order valence-electron chi connectivity index (χ3n) is 0.887. The van der Waals surface area contributed by atoms with Gasteiger partial charge >= 0.3 is 0 Å². The number of carbonyl (C=O) groups is 1. The van der Waals surface area contributed by atoms with Crippen molar-refractivity contribution in [3.8, 4) is 0 Å². The Labute approximate surface area is 69.2 Å². The first kappa shape index (κ1) is 7.56. The van der Waals surface area contributed by atoms with Crippen molar-refractivity contribution in [2.75, 3.05) is 0 Å². The molecule has 1 rings (SSSR count). The lowest BCUT2D eigenvalue weighted by atomic mass is 10.5. The minimum atomic E-state index is 0.308. The van der Waals surface area contributed by atoms with Crippen LogP contribution in [0.25, 0.3) is 0 Å². The Kier molecular flexibility index (Phi) is 2.29. The number of hydrogen-bond donors (Lipinski definition) is 0. The summed E-state index contributed by atoms with van der Waals surface area (Å²) in [5, 5.41) is 3.01. The van der Waals surface area contributed by atoms with E-state index in [1.165, 1.54) is 0 Å². The van der Waals surface area contributed by atoms with Gasteiger partial charge in [-0.2, -0.15) is 0 Å². The van der Waals surface area contributed by atoms with E-state index in [9.17, 15) is 9.70 Å². The van der Waals surface area contributed by atoms with Gasteiger partial charge in [0, 0.05) is 0 Å². The lowest BCUT2D eigenvalue weighted by Gasteiger charge is -1.75. The van der Waals surface area contributed by atoms with Crippen LogP contribution in [0.3, 0.4) is 0 Å². The molecular formula is C5H2BrNO2S. The van der Waals surface area contributed by atoms with Crippen LogP contribution in [0.5, 0.6) is 0 Å². The first-order valence-electron chi connectivity index (χ1n) is 2.36. The van der Waals surface area contributed by atoms with Gasteiger partial charge in [-0.05, 0) is 27.2 Å². The summed E-state index contributed by atoms with van der Waals surface area (Å²) < 4.78 is 0.578. The highest BCUT2D eigenvalue weighted by atomic mass is 79.9. The minimum Gasteiger partial charge on any atom is -0.297 e. The van der Waals surface area contributed by atoms with Crippen molar-refractivity contribution in [1.82, 2.24) is 0 Å². The fraction of sp³-hybridized carbons (Fsp3) is 0. The van der Waals surface area contributed by atoms with Crippen molar-refractivity contribution >= 4 is 38.6 Å². The number of nitroso groups, excluding NO2 is 1. The molecule has 0 spiro atoms. The molecule has 0 unspecified atom stereocenters. The lowest BCUT2D eigenvalue weighted by Crippen LogP contribution is -1.62. The predicted octanol–water partition coefficient (Wildman–Crippen LogP) is 2.72. The molecule has 0 radical (unpaired) electrons. The third kappa shape index (κ3) is 1.30. The van der Waals surface area contributed by atoms with Crippen LogP contribution in [0.1, 0.15) is 9.67 Å². The molecular weight excluding hydrogens is 218 g/mol. The van der Waals surface area contributed by atoms with Crippen molar-refractivity contribution in [2.45, 2.75) is 0 Å². The molecule has 0 saturated carbocycles. The molecule has 0 fully saturated rings. The van der Waals surface area contributed by atoms with Gasteiger partial charge in [0.05, 0.1) is 9.35 Å². The van der Waals surface area contributed by atoms with Crippen molar-refractivity contribution in [2.24, 2.45) is 5.18 Å². The average Bonchev–Trinajstić information content (AvgIpc) is 2.30. The summed E-state index contributed by atoms with van der Waals surface area (Å²) in [6.45, 7) is 0. The van der Waals surface area contributed by atoms with E-state index in [4.69, 9.17) is 0 Å². The monoisotopic (exact) mass is 219 g/mol. The number of thiophene rings is 1. The number of hydrogen-bond acceptors (Lipinski definition) is 4. The summed E-state index contributed by atoms with van der Waals surface area (Å²) in [6, 6.07) is 1.56. The van der Waals surface area contributed by atoms with Crippen LogP contribution in [-0.4, -0.2) is 6.29 Å². The average molecular weight is 220 g/mol. The summed E-state index contributed by atoms with van der Waals surface area (Å²) >= 11 is 4.14. The van der Waals surface area contributed by atoms with Crippen molar-refractivity contribution in [3.05, 3.63) is 20.3 Å². The van der Waals surface area contributed by atoms with E-state index < -0.39 is 0 Å². The van der Waals surface area contributed by atoms with Crippen LogP contribution in [0.4, 0.5) is 5.00 Å². The van der Waals surface area contributed by atoms with Crippen LogP contribution in [-0.2, 0) is 0 Å². The van der Waals surface area contributed by atoms with E-state index in [0.717, 1.165) is 11.3 Å². The fourth-order valence-corrected chi connectivity index (χ4v) is 1.85. The molecule has 1 aromatic rings. The van der Waals surface area contributed by atoms with E-state index in [0.29, 0.717) is 20.6 Å². The number of aldehydes is 1. The zero-order chi connectivity index (χ0) is 7.56. The SMILES string of the molecule is O=Cc1cc(Br)c(N=O)s1. The number of halogens is 1. The standard InChI is InChI=1S/C5H2BrNO2S/c6-4-1-3(2-8)10-5(4)7-9/h1-2H. The van der Waals surface area contributed by atoms with Crippen molar-refractivity contribution in [3.63, 3.8) is 0 Å². The van der Waals surface area contributed by atoms with Crippen molar-refractivity contribution in [1.29, 1.82) is 0 Å². The Hall–Kier alpha value is -0.550. The van der Waals surface area contributed by atoms with Gasteiger partial charge in [0.25, 0.3) is 0 Å². The van der Waals surface area contributed by atoms with Gasteiger partial charge in [0.1, 0.15) is 0 Å². The number of carbonyl (C=O) groups excluding carboxylic acids is 1. The van der Waals surface area contributed by atoms with Crippen LogP contribution < -0.4 is 0 Å². The Morgan fingerprint density at radius 2 is 2.40 bits per heavy atom. The molecule has 0 N–H and O–H groups in total. The Balaban J connectivity index is 3.15. The predicted molar refractivity (Wildman–Crippen MR) is 42.9 cm³/mol. The van der Waals surface area contributed by atoms with Gasteiger partial charge < -0.3 is 0 Å².